The number of nitrogens with zero attached hydrogens (tertiary/aromatic N) is 3. The maximum atomic E-state index is 13.3. The normalized spacial score (nSPS) is 15.4. The van der Waals surface area contributed by atoms with Crippen LogP contribution in [0.15, 0.2) is 58.4 Å². The van der Waals surface area contributed by atoms with E-state index >= 15 is 0 Å². The van der Waals surface area contributed by atoms with Gasteiger partial charge in [-0.15, -0.1) is 0 Å². The van der Waals surface area contributed by atoms with Crippen LogP contribution in [0, 0.1) is 6.92 Å². The summed E-state index contributed by atoms with van der Waals surface area (Å²) in [5.41, 5.74) is 2.79. The summed E-state index contributed by atoms with van der Waals surface area (Å²) in [5, 5.41) is 3.30. The summed E-state index contributed by atoms with van der Waals surface area (Å²) in [4.78, 5) is 32.3. The zero-order valence-corrected chi connectivity index (χ0v) is 18.2. The largest absolute Gasteiger partial charge is 0.369 e. The molecule has 1 aromatic carbocycles. The van der Waals surface area contributed by atoms with Gasteiger partial charge in [0.1, 0.15) is 15.8 Å². The summed E-state index contributed by atoms with van der Waals surface area (Å²) in [6.45, 7) is 2.52. The van der Waals surface area contributed by atoms with Crippen molar-refractivity contribution in [3.05, 3.63) is 80.6 Å². The van der Waals surface area contributed by atoms with Crippen molar-refractivity contribution in [1.82, 2.24) is 14.3 Å². The minimum Gasteiger partial charge on any atom is -0.369 e. The highest BCUT2D eigenvalue weighted by atomic mass is 32.2. The van der Waals surface area contributed by atoms with Crippen LogP contribution in [0.1, 0.15) is 16.7 Å². The lowest BCUT2D eigenvalue weighted by atomic mass is 10.1. The van der Waals surface area contributed by atoms with Crippen LogP contribution in [-0.4, -0.2) is 38.1 Å². The molecular formula is C22H20N4O2S2. The number of aryl methyl sites for hydroxylation is 1. The van der Waals surface area contributed by atoms with E-state index < -0.39 is 0 Å². The van der Waals surface area contributed by atoms with E-state index in [1.54, 1.807) is 19.3 Å². The van der Waals surface area contributed by atoms with E-state index in [4.69, 9.17) is 17.2 Å². The second kappa shape index (κ2) is 8.41. The zero-order chi connectivity index (χ0) is 21.3. The lowest BCUT2D eigenvalue weighted by molar-refractivity contribution is -0.121. The first-order valence-corrected chi connectivity index (χ1v) is 10.7. The molecule has 1 aliphatic heterocycles. The molecule has 1 N–H and O–H groups in total. The summed E-state index contributed by atoms with van der Waals surface area (Å²) >= 11 is 6.40. The number of fused-ring (bicyclic) bond motifs is 1. The number of hydrogen-bond donors (Lipinski definition) is 1. The summed E-state index contributed by atoms with van der Waals surface area (Å²) in [6.07, 6.45) is 4.07. The molecule has 152 valence electrons. The summed E-state index contributed by atoms with van der Waals surface area (Å²) in [6, 6.07) is 13.8. The molecule has 0 spiro atoms. The highest BCUT2D eigenvalue weighted by Crippen LogP contribution is 2.31. The van der Waals surface area contributed by atoms with E-state index in [0.717, 1.165) is 12.0 Å². The molecule has 0 aliphatic carbocycles. The number of amides is 1. The van der Waals surface area contributed by atoms with Gasteiger partial charge in [0.05, 0.1) is 10.5 Å². The molecule has 3 aromatic rings. The monoisotopic (exact) mass is 436 g/mol. The standard InChI is InChI=1S/C22H20N4O2S2/c1-14-7-6-12-26-19(14)24-18(23-11-10-15-8-4-3-5-9-15)16(20(26)27)13-17-21(28)25(2)22(29)30-17/h3-9,12-13,23H,10-11H2,1-2H3/b17-13-. The number of carbonyl (C=O) groups is 1. The second-order valence-electron chi connectivity index (χ2n) is 6.97. The molecule has 6 nitrogen and oxygen atoms in total. The van der Waals surface area contributed by atoms with E-state index in [2.05, 4.69) is 17.4 Å². The number of anilines is 1. The number of benzene rings is 1. The third-order valence-corrected chi connectivity index (χ3v) is 6.38. The van der Waals surface area contributed by atoms with Gasteiger partial charge in [-0.05, 0) is 36.6 Å². The molecule has 0 unspecified atom stereocenters. The quantitative estimate of drug-likeness (QED) is 0.488. The van der Waals surface area contributed by atoms with Gasteiger partial charge in [-0.1, -0.05) is 60.4 Å². The van der Waals surface area contributed by atoms with Crippen LogP contribution < -0.4 is 10.9 Å². The van der Waals surface area contributed by atoms with Crippen LogP contribution in [0.25, 0.3) is 11.7 Å². The average Bonchev–Trinajstić information content (AvgIpc) is 2.99. The van der Waals surface area contributed by atoms with Gasteiger partial charge in [-0.25, -0.2) is 4.98 Å². The van der Waals surface area contributed by atoms with Crippen LogP contribution in [0.4, 0.5) is 5.82 Å². The number of rotatable bonds is 5. The van der Waals surface area contributed by atoms with Crippen molar-refractivity contribution >= 4 is 51.7 Å². The average molecular weight is 437 g/mol. The van der Waals surface area contributed by atoms with Crippen molar-refractivity contribution in [1.29, 1.82) is 0 Å². The van der Waals surface area contributed by atoms with E-state index in [0.29, 0.717) is 32.8 Å². The van der Waals surface area contributed by atoms with Crippen molar-refractivity contribution < 1.29 is 4.79 Å². The van der Waals surface area contributed by atoms with Gasteiger partial charge in [0.2, 0.25) is 0 Å². The molecule has 8 heteroatoms. The Morgan fingerprint density at radius 3 is 2.63 bits per heavy atom. The van der Waals surface area contributed by atoms with Crippen LogP contribution in [0.5, 0.6) is 0 Å². The van der Waals surface area contributed by atoms with Gasteiger partial charge in [-0.3, -0.25) is 18.9 Å². The van der Waals surface area contributed by atoms with Crippen LogP contribution in [0.2, 0.25) is 0 Å². The lowest BCUT2D eigenvalue weighted by Crippen LogP contribution is -2.23. The zero-order valence-electron chi connectivity index (χ0n) is 16.6. The van der Waals surface area contributed by atoms with Gasteiger partial charge in [0.25, 0.3) is 11.5 Å². The molecule has 30 heavy (non-hydrogen) atoms. The second-order valence-corrected chi connectivity index (χ2v) is 8.64. The van der Waals surface area contributed by atoms with Crippen molar-refractivity contribution in [2.24, 2.45) is 0 Å². The highest BCUT2D eigenvalue weighted by Gasteiger charge is 2.29. The SMILES string of the molecule is Cc1cccn2c(=O)c(/C=C3\SC(=S)N(C)C3=O)c(NCCc3ccccc3)nc12. The molecule has 4 rings (SSSR count). The predicted octanol–water partition coefficient (Wildman–Crippen LogP) is 3.49. The molecule has 1 amide bonds. The van der Waals surface area contributed by atoms with Crippen molar-refractivity contribution in [3.63, 3.8) is 0 Å². The Labute approximate surface area is 183 Å². The molecule has 1 aliphatic rings. The lowest BCUT2D eigenvalue weighted by Gasteiger charge is -2.12. The summed E-state index contributed by atoms with van der Waals surface area (Å²) in [5.74, 6) is 0.251. The molecule has 0 bridgehead atoms. The van der Waals surface area contributed by atoms with E-state index in [-0.39, 0.29) is 11.5 Å². The first-order chi connectivity index (χ1) is 14.5. The maximum Gasteiger partial charge on any atom is 0.267 e. The fourth-order valence-corrected chi connectivity index (χ4v) is 4.38. The number of aromatic nitrogens is 2. The number of nitrogens with one attached hydrogen (secondary N) is 1. The van der Waals surface area contributed by atoms with Gasteiger partial charge >= 0.3 is 0 Å². The van der Waals surface area contributed by atoms with E-state index in [1.165, 1.54) is 26.6 Å². The summed E-state index contributed by atoms with van der Waals surface area (Å²) in [7, 11) is 1.63. The minimum atomic E-state index is -0.229. The predicted molar refractivity (Wildman–Crippen MR) is 126 cm³/mol. The molecule has 0 radical (unpaired) electrons. The third kappa shape index (κ3) is 3.88. The number of likely N-dealkylation sites (N-methyl/N-ethyl adjacent to an activating group) is 1. The Kier molecular flexibility index (Phi) is 5.69. The third-order valence-electron chi connectivity index (χ3n) is 4.90. The molecule has 0 saturated carbocycles. The number of pyridine rings is 1. The van der Waals surface area contributed by atoms with Gasteiger partial charge < -0.3 is 5.32 Å². The van der Waals surface area contributed by atoms with Gasteiger partial charge in [0, 0.05) is 19.8 Å². The maximum absolute atomic E-state index is 13.3. The number of thioether (sulfide) groups is 1. The number of carbonyl (C=O) groups excluding carboxylic acids is 1. The molecule has 1 fully saturated rings. The Hall–Kier alpha value is -2.97. The van der Waals surface area contributed by atoms with Crippen LogP contribution in [-0.2, 0) is 11.2 Å². The Morgan fingerprint density at radius 1 is 1.17 bits per heavy atom. The molecule has 2 aromatic heterocycles. The van der Waals surface area contributed by atoms with Crippen LogP contribution in [0.3, 0.4) is 0 Å². The molecule has 0 atom stereocenters. The minimum absolute atomic E-state index is 0.214. The first-order valence-electron chi connectivity index (χ1n) is 9.47. The van der Waals surface area contributed by atoms with Crippen molar-refractivity contribution in [2.45, 2.75) is 13.3 Å². The number of hydrogen-bond acceptors (Lipinski definition) is 6. The fourth-order valence-electron chi connectivity index (χ4n) is 3.22. The number of thiocarbonyl (C=S) groups is 1. The van der Waals surface area contributed by atoms with Crippen molar-refractivity contribution in [2.75, 3.05) is 18.9 Å². The van der Waals surface area contributed by atoms with E-state index in [9.17, 15) is 9.59 Å². The first kappa shape index (κ1) is 20.3. The Bertz CT molecular complexity index is 1240. The Morgan fingerprint density at radius 2 is 1.93 bits per heavy atom. The highest BCUT2D eigenvalue weighted by molar-refractivity contribution is 8.26. The van der Waals surface area contributed by atoms with Gasteiger partial charge in [0.15, 0.2) is 0 Å². The fraction of sp³-hybridized carbons (Fsp3) is 0.182. The molecule has 1 saturated heterocycles. The summed E-state index contributed by atoms with van der Waals surface area (Å²) < 4.78 is 1.98. The smallest absolute Gasteiger partial charge is 0.267 e. The topological polar surface area (TPSA) is 66.7 Å². The molecule has 3 heterocycles. The molecular weight excluding hydrogens is 416 g/mol. The van der Waals surface area contributed by atoms with E-state index in [1.807, 2.05) is 37.3 Å². The van der Waals surface area contributed by atoms with Crippen LogP contribution >= 0.6 is 24.0 Å². The van der Waals surface area contributed by atoms with Gasteiger partial charge in [-0.2, -0.15) is 0 Å². The van der Waals surface area contributed by atoms with Crippen molar-refractivity contribution in [3.8, 4) is 0 Å². The Balaban J connectivity index is 1.76.